The summed E-state index contributed by atoms with van der Waals surface area (Å²) in [6.45, 7) is 7.12. The molecule has 0 amide bonds. The Kier molecular flexibility index (Phi) is 6.89. The molecule has 0 radical (unpaired) electrons. The number of fused-ring (bicyclic) bond motifs is 1. The van der Waals surface area contributed by atoms with Crippen molar-refractivity contribution >= 4 is 27.0 Å². The Morgan fingerprint density at radius 2 is 1.77 bits per heavy atom. The molecule has 3 aromatic rings. The molecule has 3 rings (SSSR count). The van der Waals surface area contributed by atoms with Gasteiger partial charge in [-0.1, -0.05) is 32.0 Å². The monoisotopic (exact) mass is 429 g/mol. The molecule has 1 aromatic heterocycles. The van der Waals surface area contributed by atoms with Crippen molar-refractivity contribution in [3.63, 3.8) is 0 Å². The molecule has 0 fully saturated rings. The van der Waals surface area contributed by atoms with Gasteiger partial charge < -0.3 is 9.30 Å². The SMILES string of the molecule is CCN(CC)S(=O)(=O)c1ccc2c(c1)nc(CCC(=O)Oc1ccccc1)n2CC. The number of para-hydroxylation sites is 1. The van der Waals surface area contributed by atoms with E-state index < -0.39 is 10.0 Å². The predicted molar refractivity (Wildman–Crippen MR) is 116 cm³/mol. The number of benzene rings is 2. The number of rotatable bonds is 9. The highest BCUT2D eigenvalue weighted by Gasteiger charge is 2.23. The van der Waals surface area contributed by atoms with Crippen molar-refractivity contribution in [1.82, 2.24) is 13.9 Å². The van der Waals surface area contributed by atoms with Crippen LogP contribution in [0.4, 0.5) is 0 Å². The zero-order chi connectivity index (χ0) is 21.7. The Labute approximate surface area is 177 Å². The highest BCUT2D eigenvalue weighted by Crippen LogP contribution is 2.23. The van der Waals surface area contributed by atoms with Gasteiger partial charge in [-0.3, -0.25) is 4.79 Å². The van der Waals surface area contributed by atoms with Gasteiger partial charge in [0.05, 0.1) is 22.3 Å². The van der Waals surface area contributed by atoms with Crippen molar-refractivity contribution in [3.05, 3.63) is 54.4 Å². The second kappa shape index (κ2) is 9.40. The Morgan fingerprint density at radius 3 is 2.40 bits per heavy atom. The van der Waals surface area contributed by atoms with Crippen LogP contribution in [0.5, 0.6) is 5.75 Å². The van der Waals surface area contributed by atoms with Gasteiger partial charge in [0, 0.05) is 26.1 Å². The minimum Gasteiger partial charge on any atom is -0.427 e. The number of nitrogens with zero attached hydrogens (tertiary/aromatic N) is 3. The topological polar surface area (TPSA) is 81.5 Å². The van der Waals surface area contributed by atoms with Gasteiger partial charge in [-0.05, 0) is 37.3 Å². The molecular formula is C22H27N3O4S. The van der Waals surface area contributed by atoms with Gasteiger partial charge in [0.15, 0.2) is 0 Å². The maximum Gasteiger partial charge on any atom is 0.311 e. The molecule has 0 N–H and O–H groups in total. The van der Waals surface area contributed by atoms with E-state index in [1.165, 1.54) is 4.31 Å². The van der Waals surface area contributed by atoms with E-state index in [0.29, 0.717) is 37.3 Å². The van der Waals surface area contributed by atoms with Gasteiger partial charge in [0.2, 0.25) is 10.0 Å². The highest BCUT2D eigenvalue weighted by molar-refractivity contribution is 7.89. The summed E-state index contributed by atoms with van der Waals surface area (Å²) in [4.78, 5) is 17.0. The van der Waals surface area contributed by atoms with Crippen molar-refractivity contribution in [2.75, 3.05) is 13.1 Å². The number of sulfonamides is 1. The van der Waals surface area contributed by atoms with Crippen molar-refractivity contribution in [1.29, 1.82) is 0 Å². The van der Waals surface area contributed by atoms with Crippen LogP contribution in [0.15, 0.2) is 53.4 Å². The smallest absolute Gasteiger partial charge is 0.311 e. The fourth-order valence-corrected chi connectivity index (χ4v) is 4.94. The van der Waals surface area contributed by atoms with Crippen LogP contribution >= 0.6 is 0 Å². The van der Waals surface area contributed by atoms with Gasteiger partial charge in [0.25, 0.3) is 0 Å². The van der Waals surface area contributed by atoms with Gasteiger partial charge in [-0.15, -0.1) is 0 Å². The lowest BCUT2D eigenvalue weighted by Gasteiger charge is -2.18. The second-order valence-corrected chi connectivity index (χ2v) is 8.74. The summed E-state index contributed by atoms with van der Waals surface area (Å²) in [5.74, 6) is 0.911. The van der Waals surface area contributed by atoms with E-state index in [9.17, 15) is 13.2 Å². The molecule has 7 nitrogen and oxygen atoms in total. The third kappa shape index (κ3) is 4.55. The number of hydrogen-bond donors (Lipinski definition) is 0. The lowest BCUT2D eigenvalue weighted by atomic mass is 10.3. The Balaban J connectivity index is 1.83. The van der Waals surface area contributed by atoms with Gasteiger partial charge in [-0.2, -0.15) is 4.31 Å². The zero-order valence-electron chi connectivity index (χ0n) is 17.5. The summed E-state index contributed by atoms with van der Waals surface area (Å²) in [5.41, 5.74) is 1.46. The third-order valence-electron chi connectivity index (χ3n) is 4.99. The number of hydrogen-bond acceptors (Lipinski definition) is 5. The van der Waals surface area contributed by atoms with E-state index in [-0.39, 0.29) is 17.3 Å². The second-order valence-electron chi connectivity index (χ2n) is 6.80. The molecule has 0 unspecified atom stereocenters. The predicted octanol–water partition coefficient (Wildman–Crippen LogP) is 3.62. The maximum atomic E-state index is 12.8. The van der Waals surface area contributed by atoms with E-state index in [4.69, 9.17) is 4.74 Å². The van der Waals surface area contributed by atoms with Crippen LogP contribution < -0.4 is 4.74 Å². The number of imidazole rings is 1. The first-order valence-electron chi connectivity index (χ1n) is 10.2. The molecule has 0 atom stereocenters. The highest BCUT2D eigenvalue weighted by atomic mass is 32.2. The molecule has 0 aliphatic rings. The molecule has 8 heteroatoms. The van der Waals surface area contributed by atoms with Gasteiger partial charge >= 0.3 is 5.97 Å². The fraction of sp³-hybridized carbons (Fsp3) is 0.364. The van der Waals surface area contributed by atoms with Crippen LogP contribution in [0.2, 0.25) is 0 Å². The van der Waals surface area contributed by atoms with E-state index in [1.807, 2.05) is 43.5 Å². The van der Waals surface area contributed by atoms with E-state index in [0.717, 1.165) is 11.3 Å². The zero-order valence-corrected chi connectivity index (χ0v) is 18.4. The number of carbonyl (C=O) groups excluding carboxylic acids is 1. The van der Waals surface area contributed by atoms with E-state index in [2.05, 4.69) is 4.98 Å². The molecule has 0 aliphatic carbocycles. The van der Waals surface area contributed by atoms with Crippen LogP contribution in [0.3, 0.4) is 0 Å². The third-order valence-corrected chi connectivity index (χ3v) is 7.03. The standard InChI is InChI=1S/C22H27N3O4S/c1-4-24(5-2)30(27,28)18-12-13-20-19(16-18)23-21(25(20)6-3)14-15-22(26)29-17-10-8-7-9-11-17/h7-13,16H,4-6,14-15H2,1-3H3. The van der Waals surface area contributed by atoms with Crippen molar-refractivity contribution < 1.29 is 17.9 Å². The van der Waals surface area contributed by atoms with Gasteiger partial charge in [-0.25, -0.2) is 13.4 Å². The Hall–Kier alpha value is -2.71. The number of ether oxygens (including phenoxy) is 1. The maximum absolute atomic E-state index is 12.8. The molecule has 160 valence electrons. The van der Waals surface area contributed by atoms with Crippen molar-refractivity contribution in [3.8, 4) is 5.75 Å². The number of aromatic nitrogens is 2. The number of carbonyl (C=O) groups is 1. The Bertz CT molecular complexity index is 1120. The normalized spacial score (nSPS) is 11.9. The first-order chi connectivity index (χ1) is 14.4. The fourth-order valence-electron chi connectivity index (χ4n) is 3.46. The lowest BCUT2D eigenvalue weighted by Crippen LogP contribution is -2.30. The molecule has 0 spiro atoms. The molecule has 30 heavy (non-hydrogen) atoms. The largest absolute Gasteiger partial charge is 0.427 e. The number of aryl methyl sites for hydroxylation is 2. The first kappa shape index (κ1) is 22.0. The molecule has 1 heterocycles. The number of esters is 1. The van der Waals surface area contributed by atoms with Crippen LogP contribution in [0.1, 0.15) is 33.0 Å². The van der Waals surface area contributed by atoms with Crippen molar-refractivity contribution in [2.24, 2.45) is 0 Å². The van der Waals surface area contributed by atoms with Crippen LogP contribution in [-0.4, -0.2) is 41.3 Å². The molecule has 0 saturated carbocycles. The molecule has 0 aliphatic heterocycles. The average Bonchev–Trinajstić information content (AvgIpc) is 3.10. The summed E-state index contributed by atoms with van der Waals surface area (Å²) in [7, 11) is -3.55. The summed E-state index contributed by atoms with van der Waals surface area (Å²) in [6.07, 6.45) is 0.592. The van der Waals surface area contributed by atoms with Crippen LogP contribution in [-0.2, 0) is 27.8 Å². The van der Waals surface area contributed by atoms with Gasteiger partial charge in [0.1, 0.15) is 11.6 Å². The molecule has 0 saturated heterocycles. The van der Waals surface area contributed by atoms with Crippen LogP contribution in [0, 0.1) is 0 Å². The van der Waals surface area contributed by atoms with E-state index in [1.54, 1.807) is 30.3 Å². The minimum atomic E-state index is -3.55. The summed E-state index contributed by atoms with van der Waals surface area (Å²) < 4.78 is 34.4. The average molecular weight is 430 g/mol. The summed E-state index contributed by atoms with van der Waals surface area (Å²) in [6, 6.07) is 14.0. The summed E-state index contributed by atoms with van der Waals surface area (Å²) in [5, 5.41) is 0. The lowest BCUT2D eigenvalue weighted by molar-refractivity contribution is -0.134. The van der Waals surface area contributed by atoms with E-state index >= 15 is 0 Å². The van der Waals surface area contributed by atoms with Crippen molar-refractivity contribution in [2.45, 2.75) is 45.1 Å². The minimum absolute atomic E-state index is 0.183. The Morgan fingerprint density at radius 1 is 1.07 bits per heavy atom. The first-order valence-corrected chi connectivity index (χ1v) is 11.6. The molecular weight excluding hydrogens is 402 g/mol. The molecule has 0 bridgehead atoms. The molecule has 2 aromatic carbocycles. The quantitative estimate of drug-likeness (QED) is 0.383. The van der Waals surface area contributed by atoms with Crippen LogP contribution in [0.25, 0.3) is 11.0 Å². The summed E-state index contributed by atoms with van der Waals surface area (Å²) >= 11 is 0.